The molecule has 0 spiro atoms. The van der Waals surface area contributed by atoms with Crippen LogP contribution < -0.4 is 15.4 Å². The predicted molar refractivity (Wildman–Crippen MR) is 80.9 cm³/mol. The number of methoxy groups -OCH3 is 1. The molecule has 0 radical (unpaired) electrons. The maximum atomic E-state index is 11.7. The Morgan fingerprint density at radius 3 is 2.27 bits per heavy atom. The number of benzene rings is 1. The van der Waals surface area contributed by atoms with Crippen LogP contribution in [-0.2, 0) is 22.7 Å². The van der Waals surface area contributed by atoms with Gasteiger partial charge in [0.1, 0.15) is 5.75 Å². The maximum absolute atomic E-state index is 11.7. The Hall–Kier alpha value is -2.89. The van der Waals surface area contributed by atoms with Gasteiger partial charge in [-0.05, 0) is 35.4 Å². The van der Waals surface area contributed by atoms with Crippen molar-refractivity contribution in [3.8, 4) is 5.75 Å². The molecular weight excluding hydrogens is 282 g/mol. The van der Waals surface area contributed by atoms with E-state index in [-0.39, 0.29) is 13.1 Å². The highest BCUT2D eigenvalue weighted by molar-refractivity contribution is 6.35. The average molecular weight is 299 g/mol. The van der Waals surface area contributed by atoms with E-state index in [0.717, 1.165) is 11.1 Å². The Balaban J connectivity index is 1.80. The number of hydrogen-bond acceptors (Lipinski definition) is 4. The molecule has 22 heavy (non-hydrogen) atoms. The molecule has 2 rings (SSSR count). The van der Waals surface area contributed by atoms with Crippen LogP contribution in [0.4, 0.5) is 0 Å². The number of hydrogen-bond donors (Lipinski definition) is 2. The van der Waals surface area contributed by atoms with E-state index < -0.39 is 11.8 Å². The molecule has 2 amide bonds. The molecular formula is C16H17N3O3. The Morgan fingerprint density at radius 2 is 1.64 bits per heavy atom. The van der Waals surface area contributed by atoms with E-state index in [2.05, 4.69) is 15.6 Å². The Kier molecular flexibility index (Phi) is 5.48. The maximum Gasteiger partial charge on any atom is 0.309 e. The van der Waals surface area contributed by atoms with Crippen LogP contribution in [0.15, 0.2) is 48.8 Å². The minimum atomic E-state index is -0.670. The summed E-state index contributed by atoms with van der Waals surface area (Å²) in [6, 6.07) is 10.8. The molecule has 114 valence electrons. The van der Waals surface area contributed by atoms with Crippen LogP contribution >= 0.6 is 0 Å². The summed E-state index contributed by atoms with van der Waals surface area (Å²) in [6.45, 7) is 0.548. The van der Waals surface area contributed by atoms with Gasteiger partial charge in [0.2, 0.25) is 0 Å². The minimum absolute atomic E-state index is 0.263. The van der Waals surface area contributed by atoms with E-state index in [0.29, 0.717) is 5.75 Å². The zero-order chi connectivity index (χ0) is 15.8. The van der Waals surface area contributed by atoms with Crippen LogP contribution in [0.3, 0.4) is 0 Å². The molecule has 2 aromatic rings. The van der Waals surface area contributed by atoms with Crippen LogP contribution in [0.1, 0.15) is 11.1 Å². The van der Waals surface area contributed by atoms with Crippen molar-refractivity contribution in [2.45, 2.75) is 13.1 Å². The summed E-state index contributed by atoms with van der Waals surface area (Å²) in [4.78, 5) is 27.3. The molecule has 0 saturated carbocycles. The summed E-state index contributed by atoms with van der Waals surface area (Å²) in [7, 11) is 1.57. The highest BCUT2D eigenvalue weighted by Crippen LogP contribution is 2.11. The predicted octanol–water partition coefficient (Wildman–Crippen LogP) is 1.02. The third-order valence-electron chi connectivity index (χ3n) is 3.00. The van der Waals surface area contributed by atoms with Crippen LogP contribution in [0, 0.1) is 0 Å². The third kappa shape index (κ3) is 4.59. The molecule has 2 N–H and O–H groups in total. The first-order valence-corrected chi connectivity index (χ1v) is 6.77. The van der Waals surface area contributed by atoms with Gasteiger partial charge >= 0.3 is 11.8 Å². The summed E-state index contributed by atoms with van der Waals surface area (Å²) in [5.74, 6) is -0.634. The molecule has 6 heteroatoms. The first kappa shape index (κ1) is 15.5. The van der Waals surface area contributed by atoms with E-state index in [1.165, 1.54) is 0 Å². The van der Waals surface area contributed by atoms with Crippen molar-refractivity contribution in [2.24, 2.45) is 0 Å². The molecule has 1 aromatic heterocycles. The molecule has 0 aliphatic heterocycles. The van der Waals surface area contributed by atoms with Crippen LogP contribution in [0.2, 0.25) is 0 Å². The number of amides is 2. The van der Waals surface area contributed by atoms with E-state index in [4.69, 9.17) is 4.74 Å². The lowest BCUT2D eigenvalue weighted by Gasteiger charge is -2.07. The van der Waals surface area contributed by atoms with Gasteiger partial charge in [-0.3, -0.25) is 14.6 Å². The minimum Gasteiger partial charge on any atom is -0.497 e. The van der Waals surface area contributed by atoms with E-state index >= 15 is 0 Å². The topological polar surface area (TPSA) is 80.3 Å². The summed E-state index contributed by atoms with van der Waals surface area (Å²) in [5.41, 5.74) is 1.73. The number of ether oxygens (including phenoxy) is 1. The van der Waals surface area contributed by atoms with Crippen LogP contribution in [0.5, 0.6) is 5.75 Å². The monoisotopic (exact) mass is 299 g/mol. The highest BCUT2D eigenvalue weighted by Gasteiger charge is 2.12. The van der Waals surface area contributed by atoms with Crippen LogP contribution in [-0.4, -0.2) is 23.9 Å². The molecule has 0 unspecified atom stereocenters. The Labute approximate surface area is 128 Å². The van der Waals surface area contributed by atoms with Crippen LogP contribution in [0.25, 0.3) is 0 Å². The molecule has 1 aromatic carbocycles. The molecule has 1 heterocycles. The normalized spacial score (nSPS) is 9.86. The number of aromatic nitrogens is 1. The number of nitrogens with zero attached hydrogens (tertiary/aromatic N) is 1. The van der Waals surface area contributed by atoms with E-state index in [9.17, 15) is 9.59 Å². The summed E-state index contributed by atoms with van der Waals surface area (Å²) < 4.78 is 5.10. The fraction of sp³-hybridized carbons (Fsp3) is 0.188. The zero-order valence-corrected chi connectivity index (χ0v) is 12.2. The van der Waals surface area contributed by atoms with Crippen molar-refractivity contribution in [1.82, 2.24) is 15.6 Å². The molecule has 0 bridgehead atoms. The Morgan fingerprint density at radius 1 is 1.00 bits per heavy atom. The smallest absolute Gasteiger partial charge is 0.309 e. The van der Waals surface area contributed by atoms with Gasteiger partial charge in [0.15, 0.2) is 0 Å². The van der Waals surface area contributed by atoms with E-state index in [1.807, 2.05) is 18.2 Å². The van der Waals surface area contributed by atoms with Crippen molar-refractivity contribution < 1.29 is 14.3 Å². The first-order valence-electron chi connectivity index (χ1n) is 6.77. The van der Waals surface area contributed by atoms with Gasteiger partial charge in [-0.1, -0.05) is 12.1 Å². The standard InChI is InChI=1S/C16H17N3O3/c1-22-14-4-2-3-13(9-14)11-19-16(21)15(20)18-10-12-5-7-17-8-6-12/h2-9H,10-11H2,1H3,(H,18,20)(H,19,21). The van der Waals surface area contributed by atoms with Crippen molar-refractivity contribution in [1.29, 1.82) is 0 Å². The van der Waals surface area contributed by atoms with Crippen molar-refractivity contribution in [3.63, 3.8) is 0 Å². The van der Waals surface area contributed by atoms with Gasteiger partial charge in [0.05, 0.1) is 7.11 Å². The number of carbonyl (C=O) groups is 2. The number of nitrogens with one attached hydrogen (secondary N) is 2. The average Bonchev–Trinajstić information content (AvgIpc) is 2.58. The number of carbonyl (C=O) groups excluding carboxylic acids is 2. The fourth-order valence-electron chi connectivity index (χ4n) is 1.81. The second-order valence-electron chi connectivity index (χ2n) is 4.57. The van der Waals surface area contributed by atoms with Gasteiger partial charge < -0.3 is 15.4 Å². The fourth-order valence-corrected chi connectivity index (χ4v) is 1.81. The zero-order valence-electron chi connectivity index (χ0n) is 12.2. The highest BCUT2D eigenvalue weighted by atomic mass is 16.5. The molecule has 0 aliphatic rings. The molecule has 0 saturated heterocycles. The van der Waals surface area contributed by atoms with Crippen molar-refractivity contribution in [3.05, 3.63) is 59.9 Å². The van der Waals surface area contributed by atoms with Gasteiger partial charge in [-0.25, -0.2) is 0 Å². The van der Waals surface area contributed by atoms with Crippen molar-refractivity contribution in [2.75, 3.05) is 7.11 Å². The van der Waals surface area contributed by atoms with Gasteiger partial charge in [-0.15, -0.1) is 0 Å². The number of pyridine rings is 1. The number of rotatable bonds is 5. The molecule has 0 atom stereocenters. The summed E-state index contributed by atoms with van der Waals surface area (Å²) in [5, 5.41) is 5.12. The quantitative estimate of drug-likeness (QED) is 0.808. The lowest BCUT2D eigenvalue weighted by molar-refractivity contribution is -0.139. The third-order valence-corrected chi connectivity index (χ3v) is 3.00. The van der Waals surface area contributed by atoms with Gasteiger partial charge in [0.25, 0.3) is 0 Å². The van der Waals surface area contributed by atoms with E-state index in [1.54, 1.807) is 37.7 Å². The first-order chi connectivity index (χ1) is 10.7. The molecule has 0 fully saturated rings. The lowest BCUT2D eigenvalue weighted by atomic mass is 10.2. The van der Waals surface area contributed by atoms with Gasteiger partial charge in [-0.2, -0.15) is 0 Å². The second kappa shape index (κ2) is 7.78. The van der Waals surface area contributed by atoms with Gasteiger partial charge in [0, 0.05) is 25.5 Å². The SMILES string of the molecule is COc1cccc(CNC(=O)C(=O)NCc2ccncc2)c1. The Bertz CT molecular complexity index is 644. The largest absolute Gasteiger partial charge is 0.497 e. The van der Waals surface area contributed by atoms with Crippen molar-refractivity contribution >= 4 is 11.8 Å². The summed E-state index contributed by atoms with van der Waals surface area (Å²) in [6.07, 6.45) is 3.26. The lowest BCUT2D eigenvalue weighted by Crippen LogP contribution is -2.39. The second-order valence-corrected chi connectivity index (χ2v) is 4.57. The molecule has 0 aliphatic carbocycles. The molecule has 6 nitrogen and oxygen atoms in total. The summed E-state index contributed by atoms with van der Waals surface area (Å²) >= 11 is 0.